The summed E-state index contributed by atoms with van der Waals surface area (Å²) in [5.41, 5.74) is 6.41. The van der Waals surface area contributed by atoms with Crippen LogP contribution in [0.25, 0.3) is 5.57 Å². The number of hydrogen-bond donors (Lipinski definition) is 6. The Morgan fingerprint density at radius 3 is 2.06 bits per heavy atom. The number of unbranched alkanes of at least 4 members (excludes halogenated alkanes) is 1. The number of nitrogens with one attached hydrogen (secondary N) is 5. The number of hydrogen-bond acceptors (Lipinski definition) is 13. The maximum absolute atomic E-state index is 12.8. The first-order chi connectivity index (χ1) is 31.3. The molecule has 354 valence electrons. The highest BCUT2D eigenvalue weighted by atomic mass is 16.5. The molecule has 2 aromatic carbocycles. The van der Waals surface area contributed by atoms with Crippen molar-refractivity contribution in [1.29, 1.82) is 0 Å². The predicted octanol–water partition coefficient (Wildman–Crippen LogP) is 3.61. The normalized spacial score (nSPS) is 16.6. The topological polar surface area (TPSA) is 238 Å². The number of carbonyl (C=O) groups is 7. The van der Waals surface area contributed by atoms with Crippen molar-refractivity contribution in [2.75, 3.05) is 46.8 Å². The Kier molecular flexibility index (Phi) is 23.1. The molecule has 1 unspecified atom stereocenters. The number of aromatic nitrogens is 1. The van der Waals surface area contributed by atoms with Gasteiger partial charge < -0.3 is 41.2 Å². The largest absolute Gasteiger partial charge is 0.496 e. The van der Waals surface area contributed by atoms with E-state index in [0.717, 1.165) is 91.1 Å². The summed E-state index contributed by atoms with van der Waals surface area (Å²) >= 11 is 0. The first-order valence-electron chi connectivity index (χ1n) is 21.3. The first kappa shape index (κ1) is 54.5. The SMILES string of the molecule is CCCC(C)N(C=O)C(=O)c1cccc(NC23CC2(NC=O)C3)c1C.CCCCNC(=O)CN(C)Cc1c(OC)cc(/C(=C/NC=O)c2ccncc2C)cc1OC.CO.O=CNC=O. The molecule has 6 N–H and O–H groups in total. The summed E-state index contributed by atoms with van der Waals surface area (Å²) < 4.78 is 11.4. The minimum atomic E-state index is -0.265. The van der Waals surface area contributed by atoms with Gasteiger partial charge in [-0.2, -0.15) is 0 Å². The number of likely N-dealkylation sites (N-methyl/N-ethyl adjacent to an activating group) is 1. The fourth-order valence-corrected chi connectivity index (χ4v) is 7.32. The minimum Gasteiger partial charge on any atom is -0.496 e. The van der Waals surface area contributed by atoms with Crippen LogP contribution >= 0.6 is 0 Å². The maximum Gasteiger partial charge on any atom is 0.260 e. The van der Waals surface area contributed by atoms with E-state index < -0.39 is 0 Å². The van der Waals surface area contributed by atoms with Gasteiger partial charge in [0.05, 0.1) is 37.4 Å². The van der Waals surface area contributed by atoms with E-state index in [1.165, 1.54) is 4.90 Å². The fraction of sp³-hybridized carbons (Fsp3) is 0.447. The molecule has 2 saturated carbocycles. The maximum atomic E-state index is 12.8. The molecular formula is C47H66N8O10. The molecule has 65 heavy (non-hydrogen) atoms. The number of aliphatic hydroxyl groups is 1. The Labute approximate surface area is 381 Å². The minimum absolute atomic E-state index is 0.0150. The third-order valence-corrected chi connectivity index (χ3v) is 11.0. The molecule has 0 spiro atoms. The molecule has 2 aliphatic carbocycles. The number of nitrogens with zero attached hydrogens (tertiary/aromatic N) is 3. The molecule has 0 radical (unpaired) electrons. The molecule has 0 saturated heterocycles. The van der Waals surface area contributed by atoms with E-state index in [9.17, 15) is 24.0 Å². The Hall–Kier alpha value is -6.66. The fourth-order valence-electron chi connectivity index (χ4n) is 7.32. The Morgan fingerprint density at radius 2 is 1.54 bits per heavy atom. The quantitative estimate of drug-likeness (QED) is 0.0558. The van der Waals surface area contributed by atoms with E-state index >= 15 is 0 Å². The van der Waals surface area contributed by atoms with Gasteiger partial charge >= 0.3 is 0 Å². The second kappa shape index (κ2) is 27.5. The summed E-state index contributed by atoms with van der Waals surface area (Å²) in [6.07, 6.45) is 13.3. The number of ether oxygens (including phenoxy) is 2. The van der Waals surface area contributed by atoms with Crippen molar-refractivity contribution in [3.8, 4) is 11.5 Å². The number of fused-ring (bicyclic) bond motifs is 1. The van der Waals surface area contributed by atoms with Crippen molar-refractivity contribution in [2.45, 2.75) is 96.8 Å². The zero-order chi connectivity index (χ0) is 48.6. The molecular weight excluding hydrogens is 837 g/mol. The average molecular weight is 903 g/mol. The number of aryl methyl sites for hydroxylation is 1. The third kappa shape index (κ3) is 15.0. The molecule has 18 heteroatoms. The van der Waals surface area contributed by atoms with Gasteiger partial charge in [0.1, 0.15) is 11.5 Å². The lowest BCUT2D eigenvalue weighted by Crippen LogP contribution is -2.37. The molecule has 1 heterocycles. The average Bonchev–Trinajstić information content (AvgIpc) is 4.12. The van der Waals surface area contributed by atoms with Gasteiger partial charge in [-0.3, -0.25) is 48.3 Å². The van der Waals surface area contributed by atoms with Crippen molar-refractivity contribution >= 4 is 55.1 Å². The molecule has 3 aromatic rings. The van der Waals surface area contributed by atoms with Gasteiger partial charge in [0, 0.05) is 61.7 Å². The predicted molar refractivity (Wildman–Crippen MR) is 248 cm³/mol. The Morgan fingerprint density at radius 1 is 0.892 bits per heavy atom. The molecule has 2 aliphatic rings. The van der Waals surface area contributed by atoms with Crippen molar-refractivity contribution in [3.05, 3.63) is 88.4 Å². The first-order valence-corrected chi connectivity index (χ1v) is 21.3. The lowest BCUT2D eigenvalue weighted by atomic mass is 9.94. The van der Waals surface area contributed by atoms with E-state index in [2.05, 4.69) is 33.2 Å². The van der Waals surface area contributed by atoms with Crippen LogP contribution in [-0.4, -0.2) is 122 Å². The van der Waals surface area contributed by atoms with E-state index in [0.29, 0.717) is 55.8 Å². The van der Waals surface area contributed by atoms with E-state index in [1.54, 1.807) is 44.2 Å². The van der Waals surface area contributed by atoms with Crippen LogP contribution < -0.4 is 36.1 Å². The van der Waals surface area contributed by atoms with Crippen LogP contribution in [-0.2, 0) is 35.3 Å². The standard InChI is InChI=1S/C25H34N4O4.C19H25N3O3.C2H3NO2.CH4O/c1-6-7-9-28-25(31)16-29(3)15-22-23(32-4)11-19(12-24(22)33-5)21(14-27-17-30)20-8-10-26-13-18(20)2;1-4-6-13(2)22(12-24)17(25)15-7-5-8-16(14(15)3)21-19-9-18(19,10-19)20-11-23;4-1-3-2-5;1-2/h8,10-14,17H,6-7,9,15-16H2,1-5H3,(H,27,30)(H,28,31);5,7-8,11-13,21H,4,6,9-10H2,1-3H3,(H,20,23);1-2H,(H,3,4,5);2H,1H3/b21-14-;;;. The number of benzene rings is 2. The molecule has 5 rings (SSSR count). The molecule has 0 bridgehead atoms. The van der Waals surface area contributed by atoms with Gasteiger partial charge in [-0.15, -0.1) is 0 Å². The van der Waals surface area contributed by atoms with Crippen molar-refractivity contribution in [1.82, 2.24) is 36.1 Å². The summed E-state index contributed by atoms with van der Waals surface area (Å²) in [5, 5.41) is 20.7. The van der Waals surface area contributed by atoms with Crippen LogP contribution in [0.2, 0.25) is 0 Å². The van der Waals surface area contributed by atoms with Crippen LogP contribution in [0.15, 0.2) is 55.0 Å². The van der Waals surface area contributed by atoms with Crippen molar-refractivity contribution in [2.24, 2.45) is 0 Å². The van der Waals surface area contributed by atoms with Crippen LogP contribution in [0.5, 0.6) is 11.5 Å². The number of methoxy groups -OCH3 is 2. The number of aliphatic hydroxyl groups excluding tert-OH is 1. The van der Waals surface area contributed by atoms with Crippen LogP contribution in [0, 0.1) is 13.8 Å². The van der Waals surface area contributed by atoms with Gasteiger partial charge in [-0.1, -0.05) is 32.8 Å². The molecule has 2 fully saturated rings. The molecule has 0 aliphatic heterocycles. The van der Waals surface area contributed by atoms with Crippen LogP contribution in [0.3, 0.4) is 0 Å². The summed E-state index contributed by atoms with van der Waals surface area (Å²) in [4.78, 5) is 83.6. The van der Waals surface area contributed by atoms with Crippen molar-refractivity contribution < 1.29 is 48.1 Å². The summed E-state index contributed by atoms with van der Waals surface area (Å²) in [5.74, 6) is 0.981. The zero-order valence-electron chi connectivity index (χ0n) is 39.0. The van der Waals surface area contributed by atoms with Crippen LogP contribution in [0.4, 0.5) is 5.69 Å². The van der Waals surface area contributed by atoms with Gasteiger partial charge in [0.15, 0.2) is 0 Å². The van der Waals surface area contributed by atoms with E-state index in [1.807, 2.05) is 70.0 Å². The third-order valence-electron chi connectivity index (χ3n) is 11.0. The monoisotopic (exact) mass is 902 g/mol. The Balaban J connectivity index is 0.000000400. The van der Waals surface area contributed by atoms with Crippen molar-refractivity contribution in [3.63, 3.8) is 0 Å². The molecule has 7 amide bonds. The number of carbonyl (C=O) groups excluding carboxylic acids is 7. The highest BCUT2D eigenvalue weighted by Crippen LogP contribution is 2.71. The lowest BCUT2D eigenvalue weighted by Gasteiger charge is -2.24. The van der Waals surface area contributed by atoms with Gasteiger partial charge in [0.25, 0.3) is 5.91 Å². The summed E-state index contributed by atoms with van der Waals surface area (Å²) in [6.45, 7) is 11.3. The lowest BCUT2D eigenvalue weighted by molar-refractivity contribution is -0.122. The van der Waals surface area contributed by atoms with Crippen LogP contribution in [0.1, 0.15) is 97.5 Å². The zero-order valence-corrected chi connectivity index (χ0v) is 39.0. The molecule has 1 atom stereocenters. The number of rotatable bonds is 24. The molecule has 18 nitrogen and oxygen atoms in total. The second-order valence-electron chi connectivity index (χ2n) is 15.5. The number of pyridine rings is 1. The number of amides is 7. The Bertz CT molecular complexity index is 2060. The smallest absolute Gasteiger partial charge is 0.260 e. The summed E-state index contributed by atoms with van der Waals surface area (Å²) in [7, 11) is 6.08. The number of anilines is 1. The summed E-state index contributed by atoms with van der Waals surface area (Å²) in [6, 6.07) is 11.1. The van der Waals surface area contributed by atoms with E-state index in [-0.39, 0.29) is 35.5 Å². The van der Waals surface area contributed by atoms with Gasteiger partial charge in [-0.25, -0.2) is 0 Å². The second-order valence-corrected chi connectivity index (χ2v) is 15.5. The van der Waals surface area contributed by atoms with E-state index in [4.69, 9.17) is 24.2 Å². The highest BCUT2D eigenvalue weighted by Gasteiger charge is 2.84. The number of imide groups is 2. The van der Waals surface area contributed by atoms with Gasteiger partial charge in [0.2, 0.25) is 38.0 Å². The van der Waals surface area contributed by atoms with Gasteiger partial charge in [-0.05, 0) is 106 Å². The highest BCUT2D eigenvalue weighted by molar-refractivity contribution is 6.02. The molecule has 1 aromatic heterocycles.